The number of aldehydes is 1. The van der Waals surface area contributed by atoms with Crippen LogP contribution in [-0.4, -0.2) is 17.5 Å². The summed E-state index contributed by atoms with van der Waals surface area (Å²) in [7, 11) is 1.62. The maximum atomic E-state index is 10.9. The topological polar surface area (TPSA) is 48.3 Å². The van der Waals surface area contributed by atoms with E-state index < -0.39 is 0 Å². The van der Waals surface area contributed by atoms with Gasteiger partial charge in [0.25, 0.3) is 0 Å². The molecule has 0 aliphatic rings. The Labute approximate surface area is 69.4 Å². The van der Waals surface area contributed by atoms with Crippen LogP contribution in [0.5, 0.6) is 5.75 Å². The average molecular weight is 167 g/mol. The van der Waals surface area contributed by atoms with E-state index in [0.717, 1.165) is 0 Å². The lowest BCUT2D eigenvalue weighted by Gasteiger charge is -2.02. The van der Waals surface area contributed by atoms with Crippen molar-refractivity contribution < 1.29 is 9.53 Å². The molecular weight excluding hydrogens is 158 g/mol. The van der Waals surface area contributed by atoms with Crippen molar-refractivity contribution in [1.82, 2.24) is 4.57 Å². The monoisotopic (exact) mass is 167 g/mol. The summed E-state index contributed by atoms with van der Waals surface area (Å²) in [5.41, 5.74) is -0.103. The zero-order chi connectivity index (χ0) is 8.97. The second-order valence-electron chi connectivity index (χ2n) is 2.29. The van der Waals surface area contributed by atoms with Gasteiger partial charge in [-0.3, -0.25) is 9.59 Å². The lowest BCUT2D eigenvalue weighted by atomic mass is 10.4. The van der Waals surface area contributed by atoms with E-state index in [1.807, 2.05) is 0 Å². The van der Waals surface area contributed by atoms with Crippen LogP contribution in [0.4, 0.5) is 0 Å². The fourth-order valence-corrected chi connectivity index (χ4v) is 0.784. The molecule has 0 aromatic carbocycles. The molecule has 0 fully saturated rings. The minimum absolute atomic E-state index is 0.0121. The first-order valence-electron chi connectivity index (χ1n) is 3.47. The lowest BCUT2D eigenvalue weighted by Crippen LogP contribution is -2.14. The first-order chi connectivity index (χ1) is 5.74. The summed E-state index contributed by atoms with van der Waals surface area (Å²) in [6, 6.07) is 2.92. The number of hydrogen-bond acceptors (Lipinski definition) is 3. The maximum Gasteiger partial charge on any atom is 0.250 e. The van der Waals surface area contributed by atoms with Gasteiger partial charge in [-0.1, -0.05) is 0 Å². The van der Waals surface area contributed by atoms with E-state index in [4.69, 9.17) is 4.74 Å². The van der Waals surface area contributed by atoms with Crippen LogP contribution in [0.1, 0.15) is 0 Å². The zero-order valence-electron chi connectivity index (χ0n) is 6.69. The SMILES string of the molecule is Cn1cc(OCC=O)ccc1=O. The highest BCUT2D eigenvalue weighted by atomic mass is 16.5. The van der Waals surface area contributed by atoms with Crippen LogP contribution in [0.3, 0.4) is 0 Å². The second kappa shape index (κ2) is 3.71. The van der Waals surface area contributed by atoms with Gasteiger partial charge in [0, 0.05) is 19.3 Å². The quantitative estimate of drug-likeness (QED) is 0.593. The molecule has 12 heavy (non-hydrogen) atoms. The molecule has 0 atom stereocenters. The molecule has 0 radical (unpaired) electrons. The van der Waals surface area contributed by atoms with Gasteiger partial charge in [-0.2, -0.15) is 0 Å². The van der Waals surface area contributed by atoms with Crippen LogP contribution in [0.25, 0.3) is 0 Å². The summed E-state index contributed by atoms with van der Waals surface area (Å²) < 4.78 is 6.35. The number of carbonyl (C=O) groups excluding carboxylic acids is 1. The van der Waals surface area contributed by atoms with E-state index in [0.29, 0.717) is 12.0 Å². The van der Waals surface area contributed by atoms with E-state index in [-0.39, 0.29) is 12.2 Å². The van der Waals surface area contributed by atoms with Gasteiger partial charge in [0.05, 0.1) is 0 Å². The predicted octanol–water partition coefficient (Wildman–Crippen LogP) is -0.0370. The van der Waals surface area contributed by atoms with Gasteiger partial charge in [-0.25, -0.2) is 0 Å². The standard InChI is InChI=1S/C8H9NO3/c1-9-6-7(12-5-4-10)2-3-8(9)11/h2-4,6H,5H2,1H3. The van der Waals surface area contributed by atoms with Gasteiger partial charge in [0.2, 0.25) is 5.56 Å². The molecule has 0 spiro atoms. The Morgan fingerprint density at radius 2 is 2.33 bits per heavy atom. The fourth-order valence-electron chi connectivity index (χ4n) is 0.784. The number of hydrogen-bond donors (Lipinski definition) is 0. The van der Waals surface area contributed by atoms with Crippen molar-refractivity contribution in [2.45, 2.75) is 0 Å². The zero-order valence-corrected chi connectivity index (χ0v) is 6.69. The highest BCUT2D eigenvalue weighted by molar-refractivity contribution is 5.51. The van der Waals surface area contributed by atoms with Crippen molar-refractivity contribution in [2.24, 2.45) is 7.05 Å². The van der Waals surface area contributed by atoms with E-state index in [1.165, 1.54) is 22.9 Å². The molecule has 0 bridgehead atoms. The number of aryl methyl sites for hydroxylation is 1. The summed E-state index contributed by atoms with van der Waals surface area (Å²) in [5.74, 6) is 0.518. The predicted molar refractivity (Wildman–Crippen MR) is 43.2 cm³/mol. The van der Waals surface area contributed by atoms with Crippen LogP contribution in [0.2, 0.25) is 0 Å². The molecule has 0 unspecified atom stereocenters. The van der Waals surface area contributed by atoms with Gasteiger partial charge in [0.1, 0.15) is 12.4 Å². The smallest absolute Gasteiger partial charge is 0.250 e. The van der Waals surface area contributed by atoms with Gasteiger partial charge in [0.15, 0.2) is 6.29 Å². The molecule has 0 N–H and O–H groups in total. The second-order valence-corrected chi connectivity index (χ2v) is 2.29. The van der Waals surface area contributed by atoms with Crippen LogP contribution < -0.4 is 10.3 Å². The van der Waals surface area contributed by atoms with E-state index >= 15 is 0 Å². The summed E-state index contributed by atoms with van der Waals surface area (Å²) in [4.78, 5) is 20.8. The normalized spacial score (nSPS) is 9.42. The summed E-state index contributed by atoms with van der Waals surface area (Å²) in [6.45, 7) is 0.0121. The third kappa shape index (κ3) is 1.95. The van der Waals surface area contributed by atoms with E-state index in [1.54, 1.807) is 7.05 Å². The van der Waals surface area contributed by atoms with E-state index in [9.17, 15) is 9.59 Å². The van der Waals surface area contributed by atoms with Crippen molar-refractivity contribution in [1.29, 1.82) is 0 Å². The Morgan fingerprint density at radius 3 is 2.92 bits per heavy atom. The maximum absolute atomic E-state index is 10.9. The Balaban J connectivity index is 2.82. The van der Waals surface area contributed by atoms with Gasteiger partial charge >= 0.3 is 0 Å². The molecule has 4 nitrogen and oxygen atoms in total. The van der Waals surface area contributed by atoms with Gasteiger partial charge < -0.3 is 9.30 Å². The van der Waals surface area contributed by atoms with E-state index in [2.05, 4.69) is 0 Å². The van der Waals surface area contributed by atoms with Crippen LogP contribution in [0.15, 0.2) is 23.1 Å². The minimum atomic E-state index is -0.103. The first-order valence-corrected chi connectivity index (χ1v) is 3.47. The molecule has 0 saturated heterocycles. The number of rotatable bonds is 3. The molecule has 0 saturated carbocycles. The largest absolute Gasteiger partial charge is 0.485 e. The van der Waals surface area contributed by atoms with Crippen molar-refractivity contribution in [3.63, 3.8) is 0 Å². The van der Waals surface area contributed by atoms with Crippen LogP contribution >= 0.6 is 0 Å². The van der Waals surface area contributed by atoms with Crippen LogP contribution in [-0.2, 0) is 11.8 Å². The number of nitrogens with zero attached hydrogens (tertiary/aromatic N) is 1. The Morgan fingerprint density at radius 1 is 1.58 bits per heavy atom. The fraction of sp³-hybridized carbons (Fsp3) is 0.250. The van der Waals surface area contributed by atoms with Crippen molar-refractivity contribution in [3.05, 3.63) is 28.7 Å². The third-order valence-electron chi connectivity index (χ3n) is 1.38. The number of carbonyl (C=O) groups is 1. The molecule has 1 aromatic heterocycles. The third-order valence-corrected chi connectivity index (χ3v) is 1.38. The molecule has 1 rings (SSSR count). The molecule has 1 heterocycles. The van der Waals surface area contributed by atoms with Crippen molar-refractivity contribution in [2.75, 3.05) is 6.61 Å². The van der Waals surface area contributed by atoms with Crippen LogP contribution in [0, 0.1) is 0 Å². The summed E-state index contributed by atoms with van der Waals surface area (Å²) >= 11 is 0. The molecule has 0 aliphatic carbocycles. The number of ether oxygens (including phenoxy) is 1. The molecule has 1 aromatic rings. The molecule has 4 heteroatoms. The summed E-state index contributed by atoms with van der Waals surface area (Å²) in [5, 5.41) is 0. The first kappa shape index (κ1) is 8.52. The van der Waals surface area contributed by atoms with Crippen molar-refractivity contribution in [3.8, 4) is 5.75 Å². The van der Waals surface area contributed by atoms with Gasteiger partial charge in [-0.15, -0.1) is 0 Å². The molecule has 64 valence electrons. The van der Waals surface area contributed by atoms with Gasteiger partial charge in [-0.05, 0) is 6.07 Å². The minimum Gasteiger partial charge on any atom is -0.485 e. The summed E-state index contributed by atoms with van der Waals surface area (Å²) in [6.07, 6.45) is 2.19. The average Bonchev–Trinajstić information content (AvgIpc) is 2.07. The number of pyridine rings is 1. The highest BCUT2D eigenvalue weighted by Gasteiger charge is 1.94. The lowest BCUT2D eigenvalue weighted by molar-refractivity contribution is -0.109. The molecule has 0 aliphatic heterocycles. The Hall–Kier alpha value is -1.58. The highest BCUT2D eigenvalue weighted by Crippen LogP contribution is 2.04. The van der Waals surface area contributed by atoms with Crippen molar-refractivity contribution >= 4 is 6.29 Å². The Kier molecular flexibility index (Phi) is 2.63. The number of aromatic nitrogens is 1. The Bertz CT molecular complexity index is 329. The molecule has 0 amide bonds. The molecular formula is C8H9NO3.